The van der Waals surface area contributed by atoms with Gasteiger partial charge in [0.15, 0.2) is 0 Å². The lowest BCUT2D eigenvalue weighted by atomic mass is 9.98. The number of rotatable bonds is 6. The van der Waals surface area contributed by atoms with Gasteiger partial charge in [-0.05, 0) is 31.6 Å². The average Bonchev–Trinajstić information content (AvgIpc) is 2.35. The number of piperazine rings is 1. The summed E-state index contributed by atoms with van der Waals surface area (Å²) in [7, 11) is 0. The molecule has 1 saturated heterocycles. The zero-order chi connectivity index (χ0) is 12.8. The normalized spacial score (nSPS) is 28.6. The zero-order valence-corrected chi connectivity index (χ0v) is 13.0. The summed E-state index contributed by atoms with van der Waals surface area (Å²) >= 11 is 1.99. The molecular formula is C14H30N2S. The molecule has 102 valence electrons. The molecule has 0 aromatic carbocycles. The van der Waals surface area contributed by atoms with E-state index in [0.717, 1.165) is 17.2 Å². The average molecular weight is 258 g/mol. The van der Waals surface area contributed by atoms with Crippen LogP contribution in [0, 0.1) is 5.92 Å². The highest BCUT2D eigenvalue weighted by Crippen LogP contribution is 2.17. The first kappa shape index (κ1) is 15.3. The summed E-state index contributed by atoms with van der Waals surface area (Å²) in [4.78, 5) is 2.72. The van der Waals surface area contributed by atoms with Crippen molar-refractivity contribution in [2.75, 3.05) is 25.9 Å². The highest BCUT2D eigenvalue weighted by atomic mass is 32.2. The Morgan fingerprint density at radius 3 is 2.59 bits per heavy atom. The summed E-state index contributed by atoms with van der Waals surface area (Å²) in [5, 5.41) is 4.50. The van der Waals surface area contributed by atoms with Gasteiger partial charge in [0.25, 0.3) is 0 Å². The van der Waals surface area contributed by atoms with Gasteiger partial charge in [-0.25, -0.2) is 0 Å². The number of thioether (sulfide) groups is 1. The maximum atomic E-state index is 3.70. The minimum Gasteiger partial charge on any atom is -0.311 e. The van der Waals surface area contributed by atoms with Gasteiger partial charge in [-0.3, -0.25) is 4.90 Å². The molecule has 3 atom stereocenters. The minimum absolute atomic E-state index is 0.683. The van der Waals surface area contributed by atoms with Gasteiger partial charge in [0, 0.05) is 30.4 Å². The standard InChI is InChI=1S/C14H30N2S/c1-6-13-9-15-14(11(2)3)10-16(13)8-7-12(4)17-5/h11-15H,6-10H2,1-5H3. The summed E-state index contributed by atoms with van der Waals surface area (Å²) in [5.74, 6) is 0.744. The molecule has 1 fully saturated rings. The molecule has 3 heteroatoms. The first-order valence-electron chi connectivity index (χ1n) is 7.08. The van der Waals surface area contributed by atoms with Gasteiger partial charge in [0.05, 0.1) is 0 Å². The van der Waals surface area contributed by atoms with Crippen LogP contribution in [0.5, 0.6) is 0 Å². The predicted octanol–water partition coefficient (Wildman–Crippen LogP) is 2.84. The Morgan fingerprint density at radius 2 is 2.06 bits per heavy atom. The van der Waals surface area contributed by atoms with Crippen molar-refractivity contribution < 1.29 is 0 Å². The van der Waals surface area contributed by atoms with Gasteiger partial charge in [0.2, 0.25) is 0 Å². The van der Waals surface area contributed by atoms with Crippen LogP contribution in [0.1, 0.15) is 40.5 Å². The van der Waals surface area contributed by atoms with Gasteiger partial charge in [-0.1, -0.05) is 27.7 Å². The molecule has 0 aromatic heterocycles. The van der Waals surface area contributed by atoms with E-state index in [2.05, 4.69) is 44.2 Å². The first-order chi connectivity index (χ1) is 8.08. The van der Waals surface area contributed by atoms with Gasteiger partial charge in [0.1, 0.15) is 0 Å². The van der Waals surface area contributed by atoms with Crippen molar-refractivity contribution in [2.24, 2.45) is 5.92 Å². The zero-order valence-electron chi connectivity index (χ0n) is 12.2. The van der Waals surface area contributed by atoms with Gasteiger partial charge in [-0.15, -0.1) is 0 Å². The van der Waals surface area contributed by atoms with Crippen molar-refractivity contribution >= 4 is 11.8 Å². The number of nitrogens with zero attached hydrogens (tertiary/aromatic N) is 1. The van der Waals surface area contributed by atoms with Crippen LogP contribution in [0.2, 0.25) is 0 Å². The van der Waals surface area contributed by atoms with Crippen LogP contribution in [0.4, 0.5) is 0 Å². The summed E-state index contributed by atoms with van der Waals surface area (Å²) in [6.45, 7) is 13.0. The van der Waals surface area contributed by atoms with Crippen LogP contribution in [0.15, 0.2) is 0 Å². The van der Waals surface area contributed by atoms with E-state index < -0.39 is 0 Å². The van der Waals surface area contributed by atoms with E-state index in [9.17, 15) is 0 Å². The van der Waals surface area contributed by atoms with Crippen LogP contribution in [0.25, 0.3) is 0 Å². The van der Waals surface area contributed by atoms with E-state index in [1.54, 1.807) is 0 Å². The Morgan fingerprint density at radius 1 is 1.35 bits per heavy atom. The third-order valence-corrected chi connectivity index (χ3v) is 5.10. The van der Waals surface area contributed by atoms with Crippen molar-refractivity contribution in [3.05, 3.63) is 0 Å². The molecule has 1 aliphatic rings. The van der Waals surface area contributed by atoms with E-state index in [0.29, 0.717) is 6.04 Å². The molecule has 3 unspecified atom stereocenters. The van der Waals surface area contributed by atoms with Crippen LogP contribution in [-0.2, 0) is 0 Å². The monoisotopic (exact) mass is 258 g/mol. The smallest absolute Gasteiger partial charge is 0.0218 e. The lowest BCUT2D eigenvalue weighted by Crippen LogP contribution is -2.58. The van der Waals surface area contributed by atoms with Gasteiger partial charge < -0.3 is 5.32 Å². The van der Waals surface area contributed by atoms with E-state index >= 15 is 0 Å². The summed E-state index contributed by atoms with van der Waals surface area (Å²) in [6.07, 6.45) is 4.81. The molecule has 1 N–H and O–H groups in total. The van der Waals surface area contributed by atoms with Crippen molar-refractivity contribution in [3.8, 4) is 0 Å². The molecule has 17 heavy (non-hydrogen) atoms. The third kappa shape index (κ3) is 4.80. The van der Waals surface area contributed by atoms with E-state index in [1.165, 1.54) is 32.5 Å². The molecule has 0 spiro atoms. The number of hydrogen-bond donors (Lipinski definition) is 1. The molecule has 0 amide bonds. The largest absolute Gasteiger partial charge is 0.311 e. The summed E-state index contributed by atoms with van der Waals surface area (Å²) < 4.78 is 0. The lowest BCUT2D eigenvalue weighted by Gasteiger charge is -2.42. The van der Waals surface area contributed by atoms with Crippen LogP contribution in [-0.4, -0.2) is 48.1 Å². The fourth-order valence-corrected chi connectivity index (χ4v) is 2.81. The number of nitrogens with one attached hydrogen (secondary N) is 1. The molecule has 2 nitrogen and oxygen atoms in total. The van der Waals surface area contributed by atoms with Crippen LogP contribution >= 0.6 is 11.8 Å². The fraction of sp³-hybridized carbons (Fsp3) is 1.00. The highest BCUT2D eigenvalue weighted by molar-refractivity contribution is 7.99. The molecule has 0 aromatic rings. The predicted molar refractivity (Wildman–Crippen MR) is 79.9 cm³/mol. The van der Waals surface area contributed by atoms with Crippen LogP contribution < -0.4 is 5.32 Å². The fourth-order valence-electron chi connectivity index (χ4n) is 2.47. The third-order valence-electron chi connectivity index (χ3n) is 4.06. The lowest BCUT2D eigenvalue weighted by molar-refractivity contribution is 0.109. The summed E-state index contributed by atoms with van der Waals surface area (Å²) in [5.41, 5.74) is 0. The Balaban J connectivity index is 2.45. The molecule has 1 aliphatic heterocycles. The van der Waals surface area contributed by atoms with E-state index in [1.807, 2.05) is 11.8 Å². The van der Waals surface area contributed by atoms with Gasteiger partial charge in [-0.2, -0.15) is 11.8 Å². The second-order valence-corrected chi connectivity index (χ2v) is 6.93. The highest BCUT2D eigenvalue weighted by Gasteiger charge is 2.27. The van der Waals surface area contributed by atoms with Gasteiger partial charge >= 0.3 is 0 Å². The summed E-state index contributed by atoms with van der Waals surface area (Å²) in [6, 6.07) is 1.43. The topological polar surface area (TPSA) is 15.3 Å². The number of hydrogen-bond acceptors (Lipinski definition) is 3. The Hall–Kier alpha value is 0.270. The van der Waals surface area contributed by atoms with Crippen molar-refractivity contribution in [1.29, 1.82) is 0 Å². The molecule has 0 bridgehead atoms. The maximum Gasteiger partial charge on any atom is 0.0218 e. The Bertz CT molecular complexity index is 208. The molecule has 1 heterocycles. The van der Waals surface area contributed by atoms with Crippen molar-refractivity contribution in [3.63, 3.8) is 0 Å². The Kier molecular flexibility index (Phi) is 6.90. The maximum absolute atomic E-state index is 3.70. The van der Waals surface area contributed by atoms with Crippen molar-refractivity contribution in [1.82, 2.24) is 10.2 Å². The van der Waals surface area contributed by atoms with E-state index in [-0.39, 0.29) is 0 Å². The molecule has 1 rings (SSSR count). The molecule has 0 aliphatic carbocycles. The quantitative estimate of drug-likeness (QED) is 0.789. The van der Waals surface area contributed by atoms with Crippen LogP contribution in [0.3, 0.4) is 0 Å². The second-order valence-electron chi connectivity index (χ2n) is 5.65. The molecular weight excluding hydrogens is 228 g/mol. The van der Waals surface area contributed by atoms with Crippen molar-refractivity contribution in [2.45, 2.75) is 57.9 Å². The second kappa shape index (κ2) is 7.65. The molecule has 0 saturated carbocycles. The SMILES string of the molecule is CCC1CNC(C(C)C)CN1CCC(C)SC. The minimum atomic E-state index is 0.683. The first-order valence-corrected chi connectivity index (χ1v) is 8.37. The Labute approximate surface area is 112 Å². The van der Waals surface area contributed by atoms with E-state index in [4.69, 9.17) is 0 Å². The molecule has 0 radical (unpaired) electrons.